The minimum Gasteiger partial charge on any atom is -0.497 e. The molecule has 136 valence electrons. The van der Waals surface area contributed by atoms with E-state index >= 15 is 0 Å². The number of nitrogens with zero attached hydrogens (tertiary/aromatic N) is 4. The Kier molecular flexibility index (Phi) is 4.64. The maximum Gasteiger partial charge on any atom is 0.168 e. The van der Waals surface area contributed by atoms with Crippen LogP contribution in [0.1, 0.15) is 11.4 Å². The predicted molar refractivity (Wildman–Crippen MR) is 107 cm³/mol. The van der Waals surface area contributed by atoms with Gasteiger partial charge >= 0.3 is 0 Å². The van der Waals surface area contributed by atoms with Crippen molar-refractivity contribution in [2.75, 3.05) is 12.4 Å². The molecule has 2 aromatic heterocycles. The number of ether oxygens (including phenoxy) is 1. The van der Waals surface area contributed by atoms with Crippen LogP contribution in [0.25, 0.3) is 16.7 Å². The van der Waals surface area contributed by atoms with E-state index in [1.165, 1.54) is 0 Å². The van der Waals surface area contributed by atoms with E-state index in [1.54, 1.807) is 18.0 Å². The zero-order valence-corrected chi connectivity index (χ0v) is 15.7. The fraction of sp³-hybridized carbons (Fsp3) is 0.150. The van der Waals surface area contributed by atoms with Crippen molar-refractivity contribution in [3.8, 4) is 11.4 Å². The summed E-state index contributed by atoms with van der Waals surface area (Å²) in [7, 11) is 1.66. The number of anilines is 1. The number of hydrogen-bond donors (Lipinski definition) is 1. The molecule has 0 aliphatic heterocycles. The van der Waals surface area contributed by atoms with Crippen LogP contribution in [0.3, 0.4) is 0 Å². The van der Waals surface area contributed by atoms with E-state index in [4.69, 9.17) is 16.3 Å². The van der Waals surface area contributed by atoms with Crippen molar-refractivity contribution in [1.82, 2.24) is 19.7 Å². The number of hydrogen-bond acceptors (Lipinski definition) is 5. The third kappa shape index (κ3) is 3.57. The van der Waals surface area contributed by atoms with E-state index < -0.39 is 0 Å². The van der Waals surface area contributed by atoms with Gasteiger partial charge in [-0.15, -0.1) is 0 Å². The highest BCUT2D eigenvalue weighted by Crippen LogP contribution is 2.24. The highest BCUT2D eigenvalue weighted by atomic mass is 35.5. The van der Waals surface area contributed by atoms with Gasteiger partial charge in [-0.05, 0) is 42.8 Å². The van der Waals surface area contributed by atoms with E-state index in [9.17, 15) is 0 Å². The zero-order chi connectivity index (χ0) is 18.8. The topological polar surface area (TPSA) is 64.9 Å². The van der Waals surface area contributed by atoms with Gasteiger partial charge in [-0.1, -0.05) is 29.8 Å². The van der Waals surface area contributed by atoms with Gasteiger partial charge in [-0.3, -0.25) is 0 Å². The van der Waals surface area contributed by atoms with Crippen molar-refractivity contribution in [3.05, 3.63) is 71.1 Å². The quantitative estimate of drug-likeness (QED) is 0.556. The van der Waals surface area contributed by atoms with Gasteiger partial charge in [0.25, 0.3) is 0 Å². The van der Waals surface area contributed by atoms with Crippen molar-refractivity contribution in [2.24, 2.45) is 0 Å². The van der Waals surface area contributed by atoms with Crippen LogP contribution in [-0.2, 0) is 6.54 Å². The van der Waals surface area contributed by atoms with Crippen LogP contribution in [0, 0.1) is 6.92 Å². The summed E-state index contributed by atoms with van der Waals surface area (Å²) in [5, 5.41) is 9.37. The van der Waals surface area contributed by atoms with E-state index in [-0.39, 0.29) is 0 Å². The number of aromatic nitrogens is 4. The second-order valence-electron chi connectivity index (χ2n) is 6.10. The van der Waals surface area contributed by atoms with Crippen LogP contribution in [0.5, 0.6) is 5.75 Å². The number of aryl methyl sites for hydroxylation is 1. The van der Waals surface area contributed by atoms with E-state index in [0.29, 0.717) is 17.4 Å². The first-order valence-electron chi connectivity index (χ1n) is 8.49. The lowest BCUT2D eigenvalue weighted by Gasteiger charge is -2.09. The lowest BCUT2D eigenvalue weighted by molar-refractivity contribution is 0.414. The molecule has 0 fully saturated rings. The molecule has 0 saturated heterocycles. The molecule has 4 rings (SSSR count). The van der Waals surface area contributed by atoms with Gasteiger partial charge in [-0.25, -0.2) is 14.6 Å². The van der Waals surface area contributed by atoms with Crippen molar-refractivity contribution in [2.45, 2.75) is 13.5 Å². The molecule has 0 saturated carbocycles. The molecule has 27 heavy (non-hydrogen) atoms. The Bertz CT molecular complexity index is 1110. The first-order valence-corrected chi connectivity index (χ1v) is 8.87. The van der Waals surface area contributed by atoms with E-state index in [0.717, 1.165) is 33.9 Å². The summed E-state index contributed by atoms with van der Waals surface area (Å²) < 4.78 is 7.05. The Labute approximate surface area is 161 Å². The lowest BCUT2D eigenvalue weighted by atomic mass is 10.2. The number of methoxy groups -OCH3 is 1. The highest BCUT2D eigenvalue weighted by molar-refractivity contribution is 6.30. The summed E-state index contributed by atoms with van der Waals surface area (Å²) in [5.74, 6) is 2.24. The maximum atomic E-state index is 6.12. The first-order chi connectivity index (χ1) is 13.1. The molecule has 0 atom stereocenters. The first kappa shape index (κ1) is 17.3. The molecule has 0 spiro atoms. The van der Waals surface area contributed by atoms with Gasteiger partial charge in [0.05, 0.1) is 24.4 Å². The molecule has 1 N–H and O–H groups in total. The largest absolute Gasteiger partial charge is 0.497 e. The van der Waals surface area contributed by atoms with Crippen molar-refractivity contribution < 1.29 is 4.74 Å². The average Bonchev–Trinajstić information content (AvgIpc) is 3.10. The Morgan fingerprint density at radius 2 is 1.96 bits per heavy atom. The van der Waals surface area contributed by atoms with Crippen LogP contribution in [0.15, 0.2) is 54.7 Å². The number of nitrogens with one attached hydrogen (secondary N) is 1. The fourth-order valence-electron chi connectivity index (χ4n) is 2.92. The SMILES string of the molecule is COc1cccc(CNc2nc(C)nc3c2cnn3-c2cccc(Cl)c2)c1. The van der Waals surface area contributed by atoms with Gasteiger partial charge in [0.1, 0.15) is 17.4 Å². The van der Waals surface area contributed by atoms with Gasteiger partial charge in [0.2, 0.25) is 0 Å². The van der Waals surface area contributed by atoms with Crippen LogP contribution in [0.2, 0.25) is 5.02 Å². The monoisotopic (exact) mass is 379 g/mol. The van der Waals surface area contributed by atoms with Crippen LogP contribution in [0.4, 0.5) is 5.82 Å². The number of fused-ring (bicyclic) bond motifs is 1. The molecular weight excluding hydrogens is 362 g/mol. The van der Waals surface area contributed by atoms with Crippen LogP contribution < -0.4 is 10.1 Å². The summed E-state index contributed by atoms with van der Waals surface area (Å²) >= 11 is 6.12. The van der Waals surface area contributed by atoms with E-state index in [2.05, 4.69) is 20.4 Å². The molecule has 6 nitrogen and oxygen atoms in total. The van der Waals surface area contributed by atoms with Gasteiger partial charge in [-0.2, -0.15) is 5.10 Å². The summed E-state index contributed by atoms with van der Waals surface area (Å²) in [6.45, 7) is 2.48. The third-order valence-electron chi connectivity index (χ3n) is 4.19. The van der Waals surface area contributed by atoms with Gasteiger partial charge < -0.3 is 10.1 Å². The molecule has 2 heterocycles. The van der Waals surface area contributed by atoms with Crippen molar-refractivity contribution >= 4 is 28.5 Å². The van der Waals surface area contributed by atoms with Crippen LogP contribution in [-0.4, -0.2) is 26.9 Å². The molecule has 7 heteroatoms. The molecule has 2 aromatic carbocycles. The fourth-order valence-corrected chi connectivity index (χ4v) is 3.10. The summed E-state index contributed by atoms with van der Waals surface area (Å²) in [5.41, 5.74) is 2.69. The van der Waals surface area contributed by atoms with Crippen LogP contribution >= 0.6 is 11.6 Å². The molecule has 4 aromatic rings. The summed E-state index contributed by atoms with van der Waals surface area (Å²) in [6.07, 6.45) is 1.77. The minimum atomic E-state index is 0.616. The number of halogens is 1. The Hall–Kier alpha value is -3.12. The van der Waals surface area contributed by atoms with Gasteiger partial charge in [0, 0.05) is 11.6 Å². The second kappa shape index (κ2) is 7.25. The highest BCUT2D eigenvalue weighted by Gasteiger charge is 2.13. The third-order valence-corrected chi connectivity index (χ3v) is 4.42. The Morgan fingerprint density at radius 1 is 1.11 bits per heavy atom. The molecular formula is C20H18ClN5O. The Balaban J connectivity index is 1.69. The minimum absolute atomic E-state index is 0.616. The standard InChI is InChI=1S/C20H18ClN5O/c1-13-24-19(22-11-14-5-3-8-17(9-14)27-2)18-12-23-26(20(18)25-13)16-7-4-6-15(21)10-16/h3-10,12H,11H2,1-2H3,(H,22,24,25). The lowest BCUT2D eigenvalue weighted by Crippen LogP contribution is -2.05. The second-order valence-corrected chi connectivity index (χ2v) is 6.53. The number of rotatable bonds is 5. The normalized spacial score (nSPS) is 10.9. The molecule has 0 radical (unpaired) electrons. The molecule has 0 unspecified atom stereocenters. The van der Waals surface area contributed by atoms with Crippen molar-refractivity contribution in [3.63, 3.8) is 0 Å². The molecule has 0 bridgehead atoms. The Morgan fingerprint density at radius 3 is 2.78 bits per heavy atom. The molecule has 0 aliphatic rings. The van der Waals surface area contributed by atoms with Crippen molar-refractivity contribution in [1.29, 1.82) is 0 Å². The summed E-state index contributed by atoms with van der Waals surface area (Å²) in [4.78, 5) is 9.12. The van der Waals surface area contributed by atoms with Gasteiger partial charge in [0.15, 0.2) is 5.65 Å². The average molecular weight is 380 g/mol. The zero-order valence-electron chi connectivity index (χ0n) is 15.0. The summed E-state index contributed by atoms with van der Waals surface area (Å²) in [6, 6.07) is 15.4. The smallest absolute Gasteiger partial charge is 0.168 e. The van der Waals surface area contributed by atoms with E-state index in [1.807, 2.05) is 55.5 Å². The number of benzene rings is 2. The molecule has 0 amide bonds. The maximum absolute atomic E-state index is 6.12. The molecule has 0 aliphatic carbocycles. The predicted octanol–water partition coefficient (Wildman–Crippen LogP) is 4.40.